The summed E-state index contributed by atoms with van der Waals surface area (Å²) in [7, 11) is 5.24. The summed E-state index contributed by atoms with van der Waals surface area (Å²) >= 11 is 0. The van der Waals surface area contributed by atoms with Crippen molar-refractivity contribution in [3.63, 3.8) is 0 Å². The molecule has 1 amide bonds. The van der Waals surface area contributed by atoms with E-state index in [2.05, 4.69) is 10.4 Å². The number of benzene rings is 1. The Hall–Kier alpha value is -2.54. The molecule has 2 fully saturated rings. The summed E-state index contributed by atoms with van der Waals surface area (Å²) in [5.74, 6) is 1.90. The van der Waals surface area contributed by atoms with Crippen molar-refractivity contribution in [1.82, 2.24) is 20.0 Å². The Morgan fingerprint density at radius 1 is 1.25 bits per heavy atom. The van der Waals surface area contributed by atoms with Crippen molar-refractivity contribution in [1.29, 1.82) is 0 Å². The Kier molecular flexibility index (Phi) is 5.26. The number of rotatable bonds is 5. The second-order valence-corrected chi connectivity index (χ2v) is 7.62. The van der Waals surface area contributed by atoms with Crippen LogP contribution in [0.1, 0.15) is 35.9 Å². The lowest BCUT2D eigenvalue weighted by Gasteiger charge is -2.30. The fourth-order valence-corrected chi connectivity index (χ4v) is 4.59. The molecule has 4 rings (SSSR count). The highest BCUT2D eigenvalue weighted by Gasteiger charge is 2.41. The van der Waals surface area contributed by atoms with E-state index >= 15 is 0 Å². The number of nitrogens with zero attached hydrogens (tertiary/aromatic N) is 3. The van der Waals surface area contributed by atoms with Gasteiger partial charge in [0.05, 0.1) is 32.4 Å². The van der Waals surface area contributed by atoms with Gasteiger partial charge in [-0.25, -0.2) is 0 Å². The van der Waals surface area contributed by atoms with Crippen molar-refractivity contribution in [2.45, 2.75) is 24.8 Å². The fraction of sp³-hybridized carbons (Fsp3) is 0.524. The van der Waals surface area contributed by atoms with Crippen LogP contribution in [0.4, 0.5) is 0 Å². The van der Waals surface area contributed by atoms with Crippen LogP contribution in [-0.2, 0) is 11.8 Å². The Labute approximate surface area is 165 Å². The molecule has 2 aromatic rings. The summed E-state index contributed by atoms with van der Waals surface area (Å²) in [5, 5.41) is 7.69. The van der Waals surface area contributed by atoms with Gasteiger partial charge in [0.1, 0.15) is 11.5 Å². The molecular formula is C21H28N4O3. The van der Waals surface area contributed by atoms with E-state index in [0.29, 0.717) is 6.54 Å². The highest BCUT2D eigenvalue weighted by atomic mass is 16.5. The number of hydrogen-bond acceptors (Lipinski definition) is 5. The third kappa shape index (κ3) is 3.35. The molecule has 1 unspecified atom stereocenters. The van der Waals surface area contributed by atoms with Crippen molar-refractivity contribution in [2.75, 3.05) is 33.9 Å². The first-order valence-electron chi connectivity index (χ1n) is 9.84. The molecule has 2 aliphatic rings. The molecule has 28 heavy (non-hydrogen) atoms. The van der Waals surface area contributed by atoms with Gasteiger partial charge in [-0.1, -0.05) is 0 Å². The van der Waals surface area contributed by atoms with E-state index in [0.717, 1.165) is 48.6 Å². The van der Waals surface area contributed by atoms with Crippen molar-refractivity contribution in [2.24, 2.45) is 13.0 Å². The highest BCUT2D eigenvalue weighted by molar-refractivity contribution is 5.81. The van der Waals surface area contributed by atoms with E-state index in [9.17, 15) is 4.79 Å². The summed E-state index contributed by atoms with van der Waals surface area (Å²) in [6.45, 7) is 2.29. The number of likely N-dealkylation sites (tertiary alicyclic amines) is 1. The molecule has 3 heterocycles. The Bertz CT molecular complexity index is 850. The van der Waals surface area contributed by atoms with Gasteiger partial charge >= 0.3 is 0 Å². The molecule has 0 bridgehead atoms. The number of methoxy groups -OCH3 is 2. The van der Waals surface area contributed by atoms with Gasteiger partial charge in [-0.2, -0.15) is 5.10 Å². The smallest absolute Gasteiger partial charge is 0.228 e. The highest BCUT2D eigenvalue weighted by Crippen LogP contribution is 2.41. The number of aryl methyl sites for hydroxylation is 1. The van der Waals surface area contributed by atoms with E-state index in [1.54, 1.807) is 18.9 Å². The van der Waals surface area contributed by atoms with Gasteiger partial charge in [-0.05, 0) is 36.6 Å². The van der Waals surface area contributed by atoms with Crippen LogP contribution in [0.15, 0.2) is 30.6 Å². The number of carbonyl (C=O) groups is 1. The van der Waals surface area contributed by atoms with Gasteiger partial charge in [-0.3, -0.25) is 9.48 Å². The standard InChI is InChI=1S/C21H28N4O3/c1-24-13-14(10-23-24)17-11-22-12-18(17)21(26)25-8-4-5-19(25)16-9-15(27-2)6-7-20(16)28-3/h6-7,9-10,13,17-19,22H,4-5,8,11-12H2,1-3H3/t17-,18+,19?/m1/s1. The number of carbonyl (C=O) groups excluding carboxylic acids is 1. The van der Waals surface area contributed by atoms with E-state index in [-0.39, 0.29) is 23.8 Å². The molecule has 150 valence electrons. The topological polar surface area (TPSA) is 68.6 Å². The summed E-state index contributed by atoms with van der Waals surface area (Å²) in [6.07, 6.45) is 5.83. The summed E-state index contributed by atoms with van der Waals surface area (Å²) in [4.78, 5) is 15.6. The Morgan fingerprint density at radius 3 is 2.82 bits per heavy atom. The molecular weight excluding hydrogens is 356 g/mol. The quantitative estimate of drug-likeness (QED) is 0.855. The van der Waals surface area contributed by atoms with Crippen LogP contribution in [0.3, 0.4) is 0 Å². The molecule has 7 heteroatoms. The lowest BCUT2D eigenvalue weighted by Crippen LogP contribution is -2.38. The van der Waals surface area contributed by atoms with E-state index < -0.39 is 0 Å². The Morgan fingerprint density at radius 2 is 2.11 bits per heavy atom. The van der Waals surface area contributed by atoms with Crippen molar-refractivity contribution in [3.8, 4) is 11.5 Å². The second-order valence-electron chi connectivity index (χ2n) is 7.62. The molecule has 1 N–H and O–H groups in total. The van der Waals surface area contributed by atoms with E-state index in [1.807, 2.05) is 42.5 Å². The summed E-state index contributed by atoms with van der Waals surface area (Å²) in [6, 6.07) is 5.83. The lowest BCUT2D eigenvalue weighted by atomic mass is 9.89. The molecule has 7 nitrogen and oxygen atoms in total. The lowest BCUT2D eigenvalue weighted by molar-refractivity contribution is -0.136. The monoisotopic (exact) mass is 384 g/mol. The number of amides is 1. The van der Waals surface area contributed by atoms with Crippen LogP contribution in [-0.4, -0.2) is 54.4 Å². The zero-order valence-electron chi connectivity index (χ0n) is 16.7. The Balaban J connectivity index is 1.60. The first kappa shape index (κ1) is 18.8. The van der Waals surface area contributed by atoms with Crippen molar-refractivity contribution < 1.29 is 14.3 Å². The zero-order chi connectivity index (χ0) is 19.7. The van der Waals surface area contributed by atoms with E-state index in [1.165, 1.54) is 0 Å². The molecule has 3 atom stereocenters. The van der Waals surface area contributed by atoms with Gasteiger partial charge < -0.3 is 19.7 Å². The maximum absolute atomic E-state index is 13.6. The second kappa shape index (κ2) is 7.83. The first-order chi connectivity index (χ1) is 13.6. The van der Waals surface area contributed by atoms with Gasteiger partial charge in [0.2, 0.25) is 5.91 Å². The summed E-state index contributed by atoms with van der Waals surface area (Å²) < 4.78 is 12.8. The fourth-order valence-electron chi connectivity index (χ4n) is 4.59. The number of nitrogens with one attached hydrogen (secondary N) is 1. The zero-order valence-corrected chi connectivity index (χ0v) is 16.7. The van der Waals surface area contributed by atoms with Gasteiger partial charge in [-0.15, -0.1) is 0 Å². The number of ether oxygens (including phenoxy) is 2. The van der Waals surface area contributed by atoms with Crippen molar-refractivity contribution in [3.05, 3.63) is 41.7 Å². The third-order valence-corrected chi connectivity index (χ3v) is 6.02. The van der Waals surface area contributed by atoms with Gasteiger partial charge in [0, 0.05) is 44.4 Å². The minimum absolute atomic E-state index is 0.0210. The normalized spacial score (nSPS) is 24.5. The van der Waals surface area contributed by atoms with Crippen LogP contribution in [0, 0.1) is 5.92 Å². The molecule has 1 aromatic carbocycles. The molecule has 0 aliphatic carbocycles. The SMILES string of the molecule is COc1ccc(OC)c(C2CCCN2C(=O)[C@H]2CNC[C@@H]2c2cnn(C)c2)c1. The maximum atomic E-state index is 13.6. The molecule has 1 aromatic heterocycles. The molecule has 2 aliphatic heterocycles. The minimum Gasteiger partial charge on any atom is -0.497 e. The predicted octanol–water partition coefficient (Wildman–Crippen LogP) is 2.10. The first-order valence-corrected chi connectivity index (χ1v) is 9.84. The average molecular weight is 384 g/mol. The van der Waals surface area contributed by atoms with Crippen LogP contribution >= 0.6 is 0 Å². The van der Waals surface area contributed by atoms with Crippen LogP contribution in [0.5, 0.6) is 11.5 Å². The molecule has 2 saturated heterocycles. The maximum Gasteiger partial charge on any atom is 0.228 e. The number of hydrogen-bond donors (Lipinski definition) is 1. The van der Waals surface area contributed by atoms with Gasteiger partial charge in [0.25, 0.3) is 0 Å². The van der Waals surface area contributed by atoms with Gasteiger partial charge in [0.15, 0.2) is 0 Å². The van der Waals surface area contributed by atoms with E-state index in [4.69, 9.17) is 9.47 Å². The largest absolute Gasteiger partial charge is 0.497 e. The molecule has 0 radical (unpaired) electrons. The third-order valence-electron chi connectivity index (χ3n) is 6.02. The van der Waals surface area contributed by atoms with Crippen LogP contribution in [0.2, 0.25) is 0 Å². The van der Waals surface area contributed by atoms with Crippen LogP contribution < -0.4 is 14.8 Å². The average Bonchev–Trinajstić information content (AvgIpc) is 3.46. The molecule has 0 saturated carbocycles. The number of aromatic nitrogens is 2. The predicted molar refractivity (Wildman–Crippen MR) is 106 cm³/mol. The minimum atomic E-state index is -0.0681. The summed E-state index contributed by atoms with van der Waals surface area (Å²) in [5.41, 5.74) is 2.15. The van der Waals surface area contributed by atoms with Crippen molar-refractivity contribution >= 4 is 5.91 Å². The molecule has 0 spiro atoms. The van der Waals surface area contributed by atoms with Crippen LogP contribution in [0.25, 0.3) is 0 Å².